The highest BCUT2D eigenvalue weighted by molar-refractivity contribution is 7.19. The van der Waals surface area contributed by atoms with Gasteiger partial charge in [-0.1, -0.05) is 200 Å². The van der Waals surface area contributed by atoms with E-state index in [1.807, 2.05) is 0 Å². The van der Waals surface area contributed by atoms with Crippen LogP contribution in [0.25, 0.3) is 60.5 Å². The summed E-state index contributed by atoms with van der Waals surface area (Å²) in [5.74, 6) is 1.74. The second kappa shape index (κ2) is 16.3. The van der Waals surface area contributed by atoms with Crippen LogP contribution in [-0.2, 0) is 0 Å². The molecule has 13 rings (SSSR count). The fraction of sp³-hybridized carbons (Fsp3) is 0. The van der Waals surface area contributed by atoms with Crippen LogP contribution in [0.15, 0.2) is 267 Å². The van der Waals surface area contributed by atoms with Gasteiger partial charge in [-0.2, -0.15) is 0 Å². The number of nitrogens with zero attached hydrogens (tertiary/aromatic N) is 2. The Hall–Kier alpha value is -8.70. The van der Waals surface area contributed by atoms with E-state index < -0.39 is 8.07 Å². The summed E-state index contributed by atoms with van der Waals surface area (Å²) in [6.45, 7) is 0. The standard InChI is InChI=1S/C64H44N2OSi/c1-4-17-54(18-5-1)68(55-19-6-2-7-20-55,56-21-8-3-9-22-56)57-40-38-53(39-41-57)65(51-34-29-46(30-35-51)49-28-27-45-15-10-11-16-48(45)43-49)52-36-31-47(32-37-52)50-33-42-62-61(44-50)66-60-25-13-12-23-58(60)59-24-14-26-63(67-62)64(59)66/h1-44H. The van der Waals surface area contributed by atoms with Crippen LogP contribution in [0, 0.1) is 0 Å². The minimum Gasteiger partial charge on any atom is -0.453 e. The van der Waals surface area contributed by atoms with E-state index in [9.17, 15) is 0 Å². The first-order valence-electron chi connectivity index (χ1n) is 23.3. The quantitative estimate of drug-likeness (QED) is 0.106. The number of ether oxygens (including phenoxy) is 1. The predicted octanol–water partition coefficient (Wildman–Crippen LogP) is 14.2. The molecule has 0 amide bonds. The molecule has 320 valence electrons. The molecule has 0 N–H and O–H groups in total. The van der Waals surface area contributed by atoms with Crippen LogP contribution in [0.5, 0.6) is 11.5 Å². The zero-order valence-corrected chi connectivity index (χ0v) is 38.2. The molecule has 1 aliphatic rings. The van der Waals surface area contributed by atoms with E-state index in [1.165, 1.54) is 58.9 Å². The van der Waals surface area contributed by atoms with E-state index in [1.54, 1.807) is 0 Å². The van der Waals surface area contributed by atoms with Crippen molar-refractivity contribution in [3.05, 3.63) is 267 Å². The molecule has 0 bridgehead atoms. The van der Waals surface area contributed by atoms with Crippen LogP contribution < -0.4 is 30.4 Å². The minimum atomic E-state index is -2.71. The Morgan fingerprint density at radius 2 is 0.794 bits per heavy atom. The number of fused-ring (bicyclic) bond motifs is 6. The van der Waals surface area contributed by atoms with Gasteiger partial charge in [0.05, 0.1) is 16.7 Å². The van der Waals surface area contributed by atoms with Crippen molar-refractivity contribution >= 4 is 78.5 Å². The van der Waals surface area contributed by atoms with E-state index in [2.05, 4.69) is 276 Å². The topological polar surface area (TPSA) is 17.4 Å². The summed E-state index contributed by atoms with van der Waals surface area (Å²) in [6, 6.07) is 97.7. The van der Waals surface area contributed by atoms with E-state index >= 15 is 0 Å². The van der Waals surface area contributed by atoms with Gasteiger partial charge in [-0.25, -0.2) is 0 Å². The highest BCUT2D eigenvalue weighted by Gasteiger charge is 2.41. The molecule has 11 aromatic carbocycles. The summed E-state index contributed by atoms with van der Waals surface area (Å²) in [6.07, 6.45) is 0. The molecule has 4 heteroatoms. The lowest BCUT2D eigenvalue weighted by Gasteiger charge is -2.35. The molecule has 0 aliphatic carbocycles. The Morgan fingerprint density at radius 3 is 1.41 bits per heavy atom. The van der Waals surface area contributed by atoms with Crippen LogP contribution in [0.3, 0.4) is 0 Å². The molecule has 1 aliphatic heterocycles. The van der Waals surface area contributed by atoms with Crippen molar-refractivity contribution in [2.75, 3.05) is 4.90 Å². The Labute approximate surface area is 397 Å². The molecule has 2 heterocycles. The van der Waals surface area contributed by atoms with Crippen molar-refractivity contribution in [2.45, 2.75) is 0 Å². The molecule has 1 aromatic heterocycles. The first-order valence-corrected chi connectivity index (χ1v) is 25.3. The number of aromatic nitrogens is 1. The van der Waals surface area contributed by atoms with Crippen molar-refractivity contribution in [1.29, 1.82) is 0 Å². The molecule has 0 atom stereocenters. The lowest BCUT2D eigenvalue weighted by atomic mass is 10.0. The largest absolute Gasteiger partial charge is 0.453 e. The first kappa shape index (κ1) is 39.6. The van der Waals surface area contributed by atoms with Gasteiger partial charge in [0.2, 0.25) is 0 Å². The van der Waals surface area contributed by atoms with Crippen molar-refractivity contribution in [1.82, 2.24) is 4.57 Å². The molecular weight excluding hydrogens is 841 g/mol. The van der Waals surface area contributed by atoms with E-state index in [0.29, 0.717) is 0 Å². The fourth-order valence-electron chi connectivity index (χ4n) is 10.7. The SMILES string of the molecule is c1ccc([Si](c2ccccc2)(c2ccccc2)c2ccc(N(c3ccc(-c4ccc5c(c4)-n4c6ccccc6c6cccc(c64)O5)cc3)c3ccc(-c4ccc5ccccc5c4)cc3)cc2)cc1. The molecule has 0 saturated carbocycles. The van der Waals surface area contributed by atoms with Gasteiger partial charge in [-0.3, -0.25) is 0 Å². The fourth-order valence-corrected chi connectivity index (χ4v) is 15.5. The smallest absolute Gasteiger partial charge is 0.179 e. The number of hydrogen-bond acceptors (Lipinski definition) is 2. The molecule has 0 radical (unpaired) electrons. The van der Waals surface area contributed by atoms with Gasteiger partial charge in [0, 0.05) is 27.8 Å². The van der Waals surface area contributed by atoms with Crippen molar-refractivity contribution in [3.63, 3.8) is 0 Å². The molecule has 0 saturated heterocycles. The van der Waals surface area contributed by atoms with Gasteiger partial charge in [-0.05, 0) is 121 Å². The number of anilines is 3. The summed E-state index contributed by atoms with van der Waals surface area (Å²) < 4.78 is 8.92. The minimum absolute atomic E-state index is 0.854. The Kier molecular flexibility index (Phi) is 9.51. The molecule has 3 nitrogen and oxygen atoms in total. The van der Waals surface area contributed by atoms with Gasteiger partial charge in [-0.15, -0.1) is 0 Å². The van der Waals surface area contributed by atoms with Crippen molar-refractivity contribution < 1.29 is 4.74 Å². The summed E-state index contributed by atoms with van der Waals surface area (Å²) in [5.41, 5.74) is 11.2. The lowest BCUT2D eigenvalue weighted by molar-refractivity contribution is 0.476. The van der Waals surface area contributed by atoms with Gasteiger partial charge in [0.15, 0.2) is 19.6 Å². The van der Waals surface area contributed by atoms with Crippen molar-refractivity contribution in [2.24, 2.45) is 0 Å². The molecular formula is C64H44N2OSi. The molecule has 0 unspecified atom stereocenters. The van der Waals surface area contributed by atoms with E-state index in [-0.39, 0.29) is 0 Å². The Morgan fingerprint density at radius 1 is 0.324 bits per heavy atom. The van der Waals surface area contributed by atoms with Crippen LogP contribution >= 0.6 is 0 Å². The van der Waals surface area contributed by atoms with E-state index in [4.69, 9.17) is 4.74 Å². The van der Waals surface area contributed by atoms with Gasteiger partial charge >= 0.3 is 0 Å². The third kappa shape index (κ3) is 6.49. The zero-order valence-electron chi connectivity index (χ0n) is 37.2. The number of para-hydroxylation sites is 2. The summed E-state index contributed by atoms with van der Waals surface area (Å²) in [4.78, 5) is 2.38. The average Bonchev–Trinajstić information content (AvgIpc) is 3.76. The zero-order chi connectivity index (χ0) is 45.0. The maximum Gasteiger partial charge on any atom is 0.179 e. The second-order valence-electron chi connectivity index (χ2n) is 17.7. The first-order chi connectivity index (χ1) is 33.7. The molecule has 0 spiro atoms. The molecule has 12 aromatic rings. The number of benzene rings is 11. The summed E-state index contributed by atoms with van der Waals surface area (Å²) in [5, 5.41) is 10.3. The normalized spacial score (nSPS) is 11.9. The molecule has 68 heavy (non-hydrogen) atoms. The lowest BCUT2D eigenvalue weighted by Crippen LogP contribution is -2.74. The summed E-state index contributed by atoms with van der Waals surface area (Å²) in [7, 11) is -2.71. The highest BCUT2D eigenvalue weighted by Crippen LogP contribution is 2.46. The Balaban J connectivity index is 0.922. The third-order valence-corrected chi connectivity index (χ3v) is 18.7. The highest BCUT2D eigenvalue weighted by atomic mass is 28.3. The predicted molar refractivity (Wildman–Crippen MR) is 288 cm³/mol. The van der Waals surface area contributed by atoms with Crippen molar-refractivity contribution in [3.8, 4) is 39.4 Å². The van der Waals surface area contributed by atoms with E-state index in [0.717, 1.165) is 50.9 Å². The Bertz CT molecular complexity index is 3700. The van der Waals surface area contributed by atoms with Crippen LogP contribution in [0.4, 0.5) is 17.1 Å². The van der Waals surface area contributed by atoms with Gasteiger partial charge in [0.25, 0.3) is 0 Å². The second-order valence-corrected chi connectivity index (χ2v) is 21.5. The molecule has 0 fully saturated rings. The maximum atomic E-state index is 6.55. The van der Waals surface area contributed by atoms with Crippen LogP contribution in [0.2, 0.25) is 0 Å². The maximum absolute atomic E-state index is 6.55. The summed E-state index contributed by atoms with van der Waals surface area (Å²) >= 11 is 0. The van der Waals surface area contributed by atoms with Crippen LogP contribution in [0.1, 0.15) is 0 Å². The third-order valence-electron chi connectivity index (χ3n) is 13.9. The monoisotopic (exact) mass is 884 g/mol. The average molecular weight is 885 g/mol. The van der Waals surface area contributed by atoms with Gasteiger partial charge in [0.1, 0.15) is 0 Å². The number of rotatable bonds is 9. The number of hydrogen-bond donors (Lipinski definition) is 0. The van der Waals surface area contributed by atoms with Crippen LogP contribution in [-0.4, -0.2) is 12.6 Å². The van der Waals surface area contributed by atoms with Gasteiger partial charge < -0.3 is 14.2 Å².